The van der Waals surface area contributed by atoms with Crippen LogP contribution in [0.15, 0.2) is 41.7 Å². The first-order valence-corrected chi connectivity index (χ1v) is 8.60. The normalized spacial score (nSPS) is 11.3. The van der Waals surface area contributed by atoms with Gasteiger partial charge in [0.15, 0.2) is 17.5 Å². The maximum absolute atomic E-state index is 6.30. The van der Waals surface area contributed by atoms with E-state index >= 15 is 0 Å². The van der Waals surface area contributed by atoms with E-state index in [1.54, 1.807) is 14.2 Å². The molecule has 2 aromatic rings. The Balaban J connectivity index is 1.91. The quantitative estimate of drug-likeness (QED) is 0.558. The highest BCUT2D eigenvalue weighted by atomic mass is 35.5. The molecule has 0 fully saturated rings. The van der Waals surface area contributed by atoms with Crippen molar-refractivity contribution in [2.45, 2.75) is 20.0 Å². The third-order valence-corrected chi connectivity index (χ3v) is 3.87. The Kier molecular flexibility index (Phi) is 7.47. The first-order valence-electron chi connectivity index (χ1n) is 8.22. The number of methoxy groups -OCH3 is 1. The molecule has 136 valence electrons. The van der Waals surface area contributed by atoms with Crippen LogP contribution in [0.4, 0.5) is 0 Å². The van der Waals surface area contributed by atoms with Crippen LogP contribution in [0.25, 0.3) is 0 Å². The monoisotopic (exact) mass is 364 g/mol. The molecule has 0 saturated carbocycles. The molecule has 2 rings (SSSR count). The molecule has 6 nitrogen and oxygen atoms in total. The van der Waals surface area contributed by atoms with E-state index in [1.807, 2.05) is 43.6 Å². The van der Waals surface area contributed by atoms with Crippen molar-refractivity contribution in [3.05, 3.63) is 47.2 Å². The SMILES string of the molecule is CCOc1c(Cl)cc(CNC(=NC)NCCn2cccc2)cc1OC. The summed E-state index contributed by atoms with van der Waals surface area (Å²) in [5, 5.41) is 7.09. The third kappa shape index (κ3) is 5.60. The molecule has 0 spiro atoms. The van der Waals surface area contributed by atoms with Crippen LogP contribution >= 0.6 is 11.6 Å². The summed E-state index contributed by atoms with van der Waals surface area (Å²) in [4.78, 5) is 4.23. The van der Waals surface area contributed by atoms with Gasteiger partial charge in [-0.2, -0.15) is 0 Å². The van der Waals surface area contributed by atoms with Gasteiger partial charge in [-0.3, -0.25) is 4.99 Å². The van der Waals surface area contributed by atoms with Crippen molar-refractivity contribution in [2.24, 2.45) is 4.99 Å². The molecule has 0 atom stereocenters. The van der Waals surface area contributed by atoms with E-state index < -0.39 is 0 Å². The number of halogens is 1. The van der Waals surface area contributed by atoms with Gasteiger partial charge in [-0.15, -0.1) is 0 Å². The molecule has 2 N–H and O–H groups in total. The minimum atomic E-state index is 0.533. The zero-order chi connectivity index (χ0) is 18.1. The van der Waals surface area contributed by atoms with Gasteiger partial charge in [-0.25, -0.2) is 0 Å². The molecule has 0 aliphatic heterocycles. The van der Waals surface area contributed by atoms with E-state index in [2.05, 4.69) is 20.2 Å². The van der Waals surface area contributed by atoms with Crippen LogP contribution in [-0.4, -0.2) is 37.8 Å². The number of nitrogens with zero attached hydrogens (tertiary/aromatic N) is 2. The fourth-order valence-corrected chi connectivity index (χ4v) is 2.68. The molecule has 7 heteroatoms. The fourth-order valence-electron chi connectivity index (χ4n) is 2.39. The smallest absolute Gasteiger partial charge is 0.191 e. The summed E-state index contributed by atoms with van der Waals surface area (Å²) in [6, 6.07) is 7.80. The highest BCUT2D eigenvalue weighted by Gasteiger charge is 2.11. The van der Waals surface area contributed by atoms with Crippen molar-refractivity contribution >= 4 is 17.6 Å². The Labute approximate surface area is 153 Å². The predicted molar refractivity (Wildman–Crippen MR) is 102 cm³/mol. The number of hydrogen-bond acceptors (Lipinski definition) is 3. The summed E-state index contributed by atoms with van der Waals surface area (Å²) in [5.74, 6) is 1.93. The average Bonchev–Trinajstić information content (AvgIpc) is 3.13. The van der Waals surface area contributed by atoms with Crippen LogP contribution in [0.5, 0.6) is 11.5 Å². The minimum absolute atomic E-state index is 0.533. The molecule has 0 aliphatic carbocycles. The molecule has 0 amide bonds. The summed E-state index contributed by atoms with van der Waals surface area (Å²) >= 11 is 6.30. The highest BCUT2D eigenvalue weighted by Crippen LogP contribution is 2.36. The third-order valence-electron chi connectivity index (χ3n) is 3.59. The molecule has 1 aromatic heterocycles. The largest absolute Gasteiger partial charge is 0.493 e. The predicted octanol–water partition coefficient (Wildman–Crippen LogP) is 2.91. The van der Waals surface area contributed by atoms with E-state index in [0.717, 1.165) is 24.6 Å². The zero-order valence-electron chi connectivity index (χ0n) is 14.9. The van der Waals surface area contributed by atoms with Crippen LogP contribution in [0.2, 0.25) is 5.02 Å². The number of rotatable bonds is 8. The second-order valence-corrected chi connectivity index (χ2v) is 5.72. The average molecular weight is 365 g/mol. The van der Waals surface area contributed by atoms with Gasteiger partial charge in [-0.05, 0) is 36.8 Å². The topological polar surface area (TPSA) is 59.8 Å². The van der Waals surface area contributed by atoms with Crippen LogP contribution in [0, 0.1) is 0 Å². The molecule has 0 radical (unpaired) electrons. The van der Waals surface area contributed by atoms with Gasteiger partial charge in [0.05, 0.1) is 18.7 Å². The van der Waals surface area contributed by atoms with E-state index in [1.165, 1.54) is 0 Å². The lowest BCUT2D eigenvalue weighted by molar-refractivity contribution is 0.311. The number of guanidine groups is 1. The van der Waals surface area contributed by atoms with Crippen LogP contribution in [0.1, 0.15) is 12.5 Å². The van der Waals surface area contributed by atoms with E-state index in [0.29, 0.717) is 29.7 Å². The van der Waals surface area contributed by atoms with E-state index in [9.17, 15) is 0 Å². The minimum Gasteiger partial charge on any atom is -0.493 e. The summed E-state index contributed by atoms with van der Waals surface area (Å²) in [7, 11) is 3.35. The lowest BCUT2D eigenvalue weighted by atomic mass is 10.2. The highest BCUT2D eigenvalue weighted by molar-refractivity contribution is 6.32. The molecule has 0 saturated heterocycles. The number of hydrogen-bond donors (Lipinski definition) is 2. The zero-order valence-corrected chi connectivity index (χ0v) is 15.6. The van der Waals surface area contributed by atoms with E-state index in [4.69, 9.17) is 21.1 Å². The molecule has 0 bridgehead atoms. The van der Waals surface area contributed by atoms with Crippen molar-refractivity contribution in [3.8, 4) is 11.5 Å². The van der Waals surface area contributed by atoms with Gasteiger partial charge < -0.3 is 24.7 Å². The lowest BCUT2D eigenvalue weighted by Crippen LogP contribution is -2.38. The van der Waals surface area contributed by atoms with Crippen molar-refractivity contribution in [1.29, 1.82) is 0 Å². The second kappa shape index (κ2) is 9.84. The van der Waals surface area contributed by atoms with Gasteiger partial charge in [-0.1, -0.05) is 11.6 Å². The lowest BCUT2D eigenvalue weighted by Gasteiger charge is -2.15. The van der Waals surface area contributed by atoms with Crippen molar-refractivity contribution in [2.75, 3.05) is 27.3 Å². The Morgan fingerprint density at radius 2 is 2.00 bits per heavy atom. The maximum atomic E-state index is 6.30. The van der Waals surface area contributed by atoms with Gasteiger partial charge in [0.2, 0.25) is 0 Å². The molecule has 1 aromatic carbocycles. The number of aliphatic imine (C=N–C) groups is 1. The first kappa shape index (κ1) is 19.0. The number of ether oxygens (including phenoxy) is 2. The van der Waals surface area contributed by atoms with Gasteiger partial charge >= 0.3 is 0 Å². The van der Waals surface area contributed by atoms with Gasteiger partial charge in [0.25, 0.3) is 0 Å². The van der Waals surface area contributed by atoms with Gasteiger partial charge in [0, 0.05) is 39.1 Å². The summed E-state index contributed by atoms with van der Waals surface area (Å²) < 4.78 is 13.0. The van der Waals surface area contributed by atoms with Crippen molar-refractivity contribution < 1.29 is 9.47 Å². The molecular formula is C18H25ClN4O2. The van der Waals surface area contributed by atoms with Crippen LogP contribution in [-0.2, 0) is 13.1 Å². The Bertz CT molecular complexity index is 687. The van der Waals surface area contributed by atoms with Crippen LogP contribution in [0.3, 0.4) is 0 Å². The van der Waals surface area contributed by atoms with Gasteiger partial charge in [0.1, 0.15) is 0 Å². The summed E-state index contributed by atoms with van der Waals surface area (Å²) in [6.07, 6.45) is 4.07. The maximum Gasteiger partial charge on any atom is 0.191 e. The molecular weight excluding hydrogens is 340 g/mol. The Morgan fingerprint density at radius 1 is 1.24 bits per heavy atom. The molecule has 0 aliphatic rings. The number of nitrogens with one attached hydrogen (secondary N) is 2. The first-order chi connectivity index (χ1) is 12.2. The number of aromatic nitrogens is 1. The fraction of sp³-hybridized carbons (Fsp3) is 0.389. The molecule has 25 heavy (non-hydrogen) atoms. The Morgan fingerprint density at radius 3 is 2.64 bits per heavy atom. The van der Waals surface area contributed by atoms with Crippen molar-refractivity contribution in [3.63, 3.8) is 0 Å². The Hall–Kier alpha value is -2.34. The molecule has 1 heterocycles. The number of benzene rings is 1. The standard InChI is InChI=1S/C18H25ClN4O2/c1-4-25-17-15(19)11-14(12-16(17)24-3)13-22-18(20-2)21-7-10-23-8-5-6-9-23/h5-6,8-9,11-12H,4,7,10,13H2,1-3H3,(H2,20,21,22). The summed E-state index contributed by atoms with van der Waals surface area (Å²) in [6.45, 7) is 4.67. The second-order valence-electron chi connectivity index (χ2n) is 5.32. The van der Waals surface area contributed by atoms with Crippen molar-refractivity contribution in [1.82, 2.24) is 15.2 Å². The summed E-state index contributed by atoms with van der Waals surface area (Å²) in [5.41, 5.74) is 0.985. The molecule has 0 unspecified atom stereocenters. The van der Waals surface area contributed by atoms with Crippen LogP contribution < -0.4 is 20.1 Å². The van der Waals surface area contributed by atoms with E-state index in [-0.39, 0.29) is 0 Å².